The maximum absolute atomic E-state index is 12.8. The molecule has 2 unspecified atom stereocenters. The van der Waals surface area contributed by atoms with E-state index in [1.807, 2.05) is 37.3 Å². The lowest BCUT2D eigenvalue weighted by Gasteiger charge is -2.29. The van der Waals surface area contributed by atoms with Crippen molar-refractivity contribution in [2.75, 3.05) is 19.0 Å². The monoisotopic (exact) mass is 365 g/mol. The lowest BCUT2D eigenvalue weighted by atomic mass is 10.1. The minimum Gasteiger partial charge on any atom is -0.484 e. The van der Waals surface area contributed by atoms with Gasteiger partial charge in [0, 0.05) is 5.75 Å². The number of hydrogen-bond donors (Lipinski definition) is 0. The zero-order valence-corrected chi connectivity index (χ0v) is 16.0. The van der Waals surface area contributed by atoms with Gasteiger partial charge in [0.15, 0.2) is 6.61 Å². The van der Waals surface area contributed by atoms with Gasteiger partial charge in [-0.3, -0.25) is 4.79 Å². The summed E-state index contributed by atoms with van der Waals surface area (Å²) in [4.78, 5) is 26.8. The Balaban J connectivity index is 2.04. The zero-order valence-electron chi connectivity index (χ0n) is 15.1. The van der Waals surface area contributed by atoms with Crippen molar-refractivity contribution in [2.45, 2.75) is 45.0 Å². The smallest absolute Gasteiger partial charge is 0.329 e. The van der Waals surface area contributed by atoms with Crippen LogP contribution in [0.4, 0.5) is 0 Å². The number of ether oxygens (including phenoxy) is 2. The van der Waals surface area contributed by atoms with Crippen LogP contribution in [0.2, 0.25) is 0 Å². The molecule has 1 heterocycles. The summed E-state index contributed by atoms with van der Waals surface area (Å²) in [6.45, 7) is 6.50. The summed E-state index contributed by atoms with van der Waals surface area (Å²) in [6.07, 6.45) is 1.62. The van der Waals surface area contributed by atoms with Gasteiger partial charge in [0.2, 0.25) is 0 Å². The molecule has 0 aliphatic carbocycles. The van der Waals surface area contributed by atoms with Crippen molar-refractivity contribution in [1.82, 2.24) is 4.90 Å². The average Bonchev–Trinajstić information content (AvgIpc) is 3.01. The predicted octanol–water partition coefficient (Wildman–Crippen LogP) is 3.33. The maximum atomic E-state index is 12.8. The highest BCUT2D eigenvalue weighted by Gasteiger charge is 2.42. The molecule has 1 aromatic rings. The number of hydrogen-bond acceptors (Lipinski definition) is 5. The number of nitrogens with zero attached hydrogens (tertiary/aromatic N) is 1. The average molecular weight is 365 g/mol. The summed E-state index contributed by atoms with van der Waals surface area (Å²) < 4.78 is 10.9. The van der Waals surface area contributed by atoms with Crippen LogP contribution in [0.15, 0.2) is 30.3 Å². The number of benzene rings is 1. The zero-order chi connectivity index (χ0) is 18.2. The van der Waals surface area contributed by atoms with Gasteiger partial charge in [-0.2, -0.15) is 0 Å². The Morgan fingerprint density at radius 3 is 2.64 bits per heavy atom. The van der Waals surface area contributed by atoms with Crippen molar-refractivity contribution in [3.05, 3.63) is 30.3 Å². The largest absolute Gasteiger partial charge is 0.484 e. The van der Waals surface area contributed by atoms with Gasteiger partial charge < -0.3 is 14.4 Å². The van der Waals surface area contributed by atoms with E-state index in [0.29, 0.717) is 24.0 Å². The first-order valence-corrected chi connectivity index (χ1v) is 9.85. The van der Waals surface area contributed by atoms with Crippen molar-refractivity contribution in [3.63, 3.8) is 0 Å². The fourth-order valence-corrected chi connectivity index (χ4v) is 4.35. The van der Waals surface area contributed by atoms with E-state index in [0.717, 1.165) is 12.8 Å². The Morgan fingerprint density at radius 2 is 2.00 bits per heavy atom. The number of rotatable bonds is 8. The van der Waals surface area contributed by atoms with Crippen LogP contribution >= 0.6 is 11.8 Å². The van der Waals surface area contributed by atoms with Crippen LogP contribution in [-0.2, 0) is 14.3 Å². The third-order valence-corrected chi connectivity index (χ3v) is 5.19. The van der Waals surface area contributed by atoms with E-state index in [9.17, 15) is 9.59 Å². The molecule has 2 atom stereocenters. The lowest BCUT2D eigenvalue weighted by Crippen LogP contribution is -2.48. The van der Waals surface area contributed by atoms with E-state index >= 15 is 0 Å². The van der Waals surface area contributed by atoms with E-state index in [1.165, 1.54) is 0 Å². The Bertz CT molecular complexity index is 564. The van der Waals surface area contributed by atoms with Gasteiger partial charge >= 0.3 is 5.97 Å². The fourth-order valence-electron chi connectivity index (χ4n) is 2.70. The molecule has 1 aliphatic rings. The molecular formula is C19H27NO4S. The number of para-hydroxylation sites is 1. The minimum atomic E-state index is -0.521. The summed E-state index contributed by atoms with van der Waals surface area (Å²) >= 11 is 1.65. The molecule has 25 heavy (non-hydrogen) atoms. The molecule has 0 bridgehead atoms. The Labute approximate surface area is 154 Å². The first-order valence-electron chi connectivity index (χ1n) is 8.80. The molecule has 0 N–H and O–H groups in total. The van der Waals surface area contributed by atoms with E-state index in [2.05, 4.69) is 13.8 Å². The molecule has 0 radical (unpaired) electrons. The fraction of sp³-hybridized carbons (Fsp3) is 0.579. The van der Waals surface area contributed by atoms with E-state index < -0.39 is 6.04 Å². The van der Waals surface area contributed by atoms with Crippen molar-refractivity contribution < 1.29 is 19.1 Å². The maximum Gasteiger partial charge on any atom is 0.329 e. The quantitative estimate of drug-likeness (QED) is 0.662. The Morgan fingerprint density at radius 1 is 1.28 bits per heavy atom. The number of carbonyl (C=O) groups is 2. The second-order valence-electron chi connectivity index (χ2n) is 6.50. The van der Waals surface area contributed by atoms with Crippen LogP contribution in [0.5, 0.6) is 5.75 Å². The van der Waals surface area contributed by atoms with E-state index in [-0.39, 0.29) is 23.9 Å². The minimum absolute atomic E-state index is 0.00829. The lowest BCUT2D eigenvalue weighted by molar-refractivity contribution is -0.154. The molecule has 6 heteroatoms. The molecule has 138 valence electrons. The highest BCUT2D eigenvalue weighted by atomic mass is 32.2. The third-order valence-electron chi connectivity index (χ3n) is 3.88. The number of thioether (sulfide) groups is 1. The normalized spacial score (nSPS) is 19.9. The van der Waals surface area contributed by atoms with E-state index in [4.69, 9.17) is 9.47 Å². The summed E-state index contributed by atoms with van der Waals surface area (Å²) in [5, 5.41) is -0.00829. The van der Waals surface area contributed by atoms with Crippen LogP contribution in [0.1, 0.15) is 33.6 Å². The topological polar surface area (TPSA) is 55.8 Å². The van der Waals surface area contributed by atoms with Gasteiger partial charge in [-0.1, -0.05) is 39.0 Å². The van der Waals surface area contributed by atoms with Gasteiger partial charge in [-0.15, -0.1) is 11.8 Å². The van der Waals surface area contributed by atoms with E-state index in [1.54, 1.807) is 16.7 Å². The highest BCUT2D eigenvalue weighted by molar-refractivity contribution is 8.00. The molecule has 1 aliphatic heterocycles. The standard InChI is InChI=1S/C19H27NO4S/c1-4-10-23-19(22)16-13-25-18(11-14(2)3)20(16)17(21)12-24-15-8-6-5-7-9-15/h5-9,14,16,18H,4,10-13H2,1-3H3. The van der Waals surface area contributed by atoms with Crippen LogP contribution in [0.25, 0.3) is 0 Å². The van der Waals surface area contributed by atoms with Gasteiger partial charge in [0.1, 0.15) is 11.8 Å². The first kappa shape index (κ1) is 19.6. The summed E-state index contributed by atoms with van der Waals surface area (Å²) in [7, 11) is 0. The van der Waals surface area contributed by atoms with Crippen LogP contribution in [-0.4, -0.2) is 47.2 Å². The SMILES string of the molecule is CCCOC(=O)C1CSC(CC(C)C)N1C(=O)COc1ccccc1. The molecular weight excluding hydrogens is 338 g/mol. The highest BCUT2D eigenvalue weighted by Crippen LogP contribution is 2.34. The summed E-state index contributed by atoms with van der Waals surface area (Å²) in [6, 6.07) is 8.71. The predicted molar refractivity (Wildman–Crippen MR) is 99.5 cm³/mol. The molecule has 1 saturated heterocycles. The molecule has 1 amide bonds. The number of carbonyl (C=O) groups excluding carboxylic acids is 2. The Kier molecular flexibility index (Phi) is 7.62. The van der Waals surface area contributed by atoms with Crippen molar-refractivity contribution in [3.8, 4) is 5.75 Å². The molecule has 1 aromatic carbocycles. The van der Waals surface area contributed by atoms with Gasteiger partial charge in [-0.05, 0) is 30.9 Å². The Hall–Kier alpha value is -1.69. The second kappa shape index (κ2) is 9.70. The summed E-state index contributed by atoms with van der Waals surface area (Å²) in [5.74, 6) is 1.19. The summed E-state index contributed by atoms with van der Waals surface area (Å²) in [5.41, 5.74) is 0. The van der Waals surface area contributed by atoms with Crippen LogP contribution < -0.4 is 4.74 Å². The molecule has 0 aromatic heterocycles. The molecule has 5 nitrogen and oxygen atoms in total. The molecule has 2 rings (SSSR count). The van der Waals surface area contributed by atoms with Gasteiger partial charge in [0.25, 0.3) is 5.91 Å². The van der Waals surface area contributed by atoms with Crippen LogP contribution in [0.3, 0.4) is 0 Å². The molecule has 0 spiro atoms. The van der Waals surface area contributed by atoms with Crippen molar-refractivity contribution in [2.24, 2.45) is 5.92 Å². The number of amides is 1. The molecule has 1 fully saturated rings. The number of esters is 1. The third kappa shape index (κ3) is 5.66. The molecule has 0 saturated carbocycles. The first-order chi connectivity index (χ1) is 12.0. The van der Waals surface area contributed by atoms with Crippen LogP contribution in [0, 0.1) is 5.92 Å². The van der Waals surface area contributed by atoms with Gasteiger partial charge in [-0.25, -0.2) is 4.79 Å². The van der Waals surface area contributed by atoms with Crippen molar-refractivity contribution >= 4 is 23.6 Å². The second-order valence-corrected chi connectivity index (χ2v) is 7.71. The van der Waals surface area contributed by atoms with Gasteiger partial charge in [0.05, 0.1) is 12.0 Å². The van der Waals surface area contributed by atoms with Crippen molar-refractivity contribution in [1.29, 1.82) is 0 Å².